The lowest BCUT2D eigenvalue weighted by Crippen LogP contribution is -2.34. The Bertz CT molecular complexity index is 690. The van der Waals surface area contributed by atoms with Crippen LogP contribution < -0.4 is 15.4 Å². The number of nitrogens with one attached hydrogen (secondary N) is 2. The van der Waals surface area contributed by atoms with Crippen molar-refractivity contribution >= 4 is 5.91 Å². The van der Waals surface area contributed by atoms with Gasteiger partial charge in [0.15, 0.2) is 0 Å². The highest BCUT2D eigenvalue weighted by Gasteiger charge is 2.12. The van der Waals surface area contributed by atoms with Crippen molar-refractivity contribution in [3.63, 3.8) is 0 Å². The molecule has 0 fully saturated rings. The lowest BCUT2D eigenvalue weighted by Gasteiger charge is -2.15. The van der Waals surface area contributed by atoms with Crippen molar-refractivity contribution in [3.8, 4) is 5.75 Å². The number of hydrogen-bond donors (Lipinski definition) is 2. The fourth-order valence-corrected chi connectivity index (χ4v) is 2.21. The molecule has 0 aromatic heterocycles. The molecule has 1 atom stereocenters. The van der Waals surface area contributed by atoms with Crippen LogP contribution >= 0.6 is 0 Å². The average Bonchev–Trinajstić information content (AvgIpc) is 2.58. The van der Waals surface area contributed by atoms with Crippen molar-refractivity contribution < 1.29 is 18.3 Å². The predicted molar refractivity (Wildman–Crippen MR) is 87.6 cm³/mol. The van der Waals surface area contributed by atoms with Gasteiger partial charge in [-0.2, -0.15) is 0 Å². The number of ether oxygens (including phenoxy) is 1. The molecule has 24 heavy (non-hydrogen) atoms. The van der Waals surface area contributed by atoms with Crippen molar-refractivity contribution in [2.75, 3.05) is 13.7 Å². The van der Waals surface area contributed by atoms with Crippen LogP contribution in [0.1, 0.15) is 24.1 Å². The monoisotopic (exact) mass is 334 g/mol. The van der Waals surface area contributed by atoms with E-state index in [0.717, 1.165) is 17.4 Å². The van der Waals surface area contributed by atoms with Crippen LogP contribution in [0.2, 0.25) is 0 Å². The van der Waals surface area contributed by atoms with Gasteiger partial charge < -0.3 is 15.4 Å². The molecular formula is C18H20F2N2O2. The van der Waals surface area contributed by atoms with Gasteiger partial charge in [0.2, 0.25) is 5.91 Å². The van der Waals surface area contributed by atoms with Gasteiger partial charge in [0.05, 0.1) is 13.7 Å². The van der Waals surface area contributed by atoms with Crippen LogP contribution in [-0.2, 0) is 11.3 Å². The summed E-state index contributed by atoms with van der Waals surface area (Å²) in [6, 6.07) is 10.4. The first-order valence-electron chi connectivity index (χ1n) is 7.57. The second-order valence-corrected chi connectivity index (χ2v) is 5.39. The largest absolute Gasteiger partial charge is 0.497 e. The quantitative estimate of drug-likeness (QED) is 0.818. The van der Waals surface area contributed by atoms with E-state index in [9.17, 15) is 13.6 Å². The summed E-state index contributed by atoms with van der Waals surface area (Å²) in [5.74, 6) is -0.712. The topological polar surface area (TPSA) is 50.4 Å². The molecule has 2 N–H and O–H groups in total. The van der Waals surface area contributed by atoms with Gasteiger partial charge in [-0.3, -0.25) is 4.79 Å². The minimum atomic E-state index is -0.631. The standard InChI is InChI=1S/C18H20F2N2O2/c1-12(16-8-5-14(19)9-17(16)20)21-11-18(23)22-10-13-3-6-15(24-2)7-4-13/h3-9,12,21H,10-11H2,1-2H3,(H,22,23)/t12-/m0/s1. The molecule has 0 aliphatic heterocycles. The smallest absolute Gasteiger partial charge is 0.234 e. The third-order valence-electron chi connectivity index (χ3n) is 3.65. The first kappa shape index (κ1) is 17.9. The van der Waals surface area contributed by atoms with E-state index in [2.05, 4.69) is 10.6 Å². The van der Waals surface area contributed by atoms with Crippen LogP contribution in [0.25, 0.3) is 0 Å². The summed E-state index contributed by atoms with van der Waals surface area (Å²) in [5.41, 5.74) is 1.26. The zero-order valence-electron chi connectivity index (χ0n) is 13.6. The van der Waals surface area contributed by atoms with Crippen LogP contribution in [-0.4, -0.2) is 19.6 Å². The molecule has 0 unspecified atom stereocenters. The number of carbonyl (C=O) groups is 1. The minimum Gasteiger partial charge on any atom is -0.497 e. The predicted octanol–water partition coefficient (Wildman–Crippen LogP) is 2.94. The van der Waals surface area contributed by atoms with Crippen molar-refractivity contribution in [2.45, 2.75) is 19.5 Å². The van der Waals surface area contributed by atoms with Crippen molar-refractivity contribution in [2.24, 2.45) is 0 Å². The molecule has 0 bridgehead atoms. The number of carbonyl (C=O) groups excluding carboxylic acids is 1. The summed E-state index contributed by atoms with van der Waals surface area (Å²) >= 11 is 0. The fraction of sp³-hybridized carbons (Fsp3) is 0.278. The lowest BCUT2D eigenvalue weighted by atomic mass is 10.1. The number of methoxy groups -OCH3 is 1. The molecular weight excluding hydrogens is 314 g/mol. The molecule has 6 heteroatoms. The Kier molecular flexibility index (Phi) is 6.26. The number of hydrogen-bond acceptors (Lipinski definition) is 3. The lowest BCUT2D eigenvalue weighted by molar-refractivity contribution is -0.120. The van der Waals surface area contributed by atoms with Crippen molar-refractivity contribution in [3.05, 3.63) is 65.2 Å². The highest BCUT2D eigenvalue weighted by molar-refractivity contribution is 5.78. The summed E-state index contributed by atoms with van der Waals surface area (Å²) in [7, 11) is 1.59. The molecule has 0 heterocycles. The molecule has 0 spiro atoms. The third-order valence-corrected chi connectivity index (χ3v) is 3.65. The maximum Gasteiger partial charge on any atom is 0.234 e. The Labute approximate surface area is 139 Å². The fourth-order valence-electron chi connectivity index (χ4n) is 2.21. The first-order chi connectivity index (χ1) is 11.5. The van der Waals surface area contributed by atoms with Gasteiger partial charge in [-0.05, 0) is 30.7 Å². The molecule has 2 aromatic carbocycles. The van der Waals surface area contributed by atoms with E-state index in [1.54, 1.807) is 14.0 Å². The second-order valence-electron chi connectivity index (χ2n) is 5.39. The Morgan fingerprint density at radius 2 is 1.88 bits per heavy atom. The number of rotatable bonds is 7. The summed E-state index contributed by atoms with van der Waals surface area (Å²) < 4.78 is 31.6. The number of halogens is 2. The Balaban J connectivity index is 1.79. The SMILES string of the molecule is COc1ccc(CNC(=O)CN[C@@H](C)c2ccc(F)cc2F)cc1. The Morgan fingerprint density at radius 3 is 2.50 bits per heavy atom. The van der Waals surface area contributed by atoms with E-state index >= 15 is 0 Å². The van der Waals surface area contributed by atoms with Gasteiger partial charge in [-0.1, -0.05) is 18.2 Å². The summed E-state index contributed by atoms with van der Waals surface area (Å²) in [6.07, 6.45) is 0. The molecule has 1 amide bonds. The van der Waals surface area contributed by atoms with E-state index < -0.39 is 17.7 Å². The molecule has 2 rings (SSSR count). The van der Waals surface area contributed by atoms with Crippen molar-refractivity contribution in [1.82, 2.24) is 10.6 Å². The van der Waals surface area contributed by atoms with E-state index in [4.69, 9.17) is 4.74 Å². The number of amides is 1. The summed E-state index contributed by atoms with van der Waals surface area (Å²) in [4.78, 5) is 11.9. The average molecular weight is 334 g/mol. The molecule has 128 valence electrons. The third kappa shape index (κ3) is 5.03. The zero-order chi connectivity index (χ0) is 17.5. The highest BCUT2D eigenvalue weighted by Crippen LogP contribution is 2.17. The zero-order valence-corrected chi connectivity index (χ0v) is 13.6. The maximum absolute atomic E-state index is 13.7. The Morgan fingerprint density at radius 1 is 1.17 bits per heavy atom. The van der Waals surface area contributed by atoms with Gasteiger partial charge in [0.25, 0.3) is 0 Å². The molecule has 0 saturated carbocycles. The van der Waals surface area contributed by atoms with Crippen LogP contribution in [0.15, 0.2) is 42.5 Å². The van der Waals surface area contributed by atoms with Gasteiger partial charge >= 0.3 is 0 Å². The highest BCUT2D eigenvalue weighted by atomic mass is 19.1. The van der Waals surface area contributed by atoms with Gasteiger partial charge in [-0.25, -0.2) is 8.78 Å². The van der Waals surface area contributed by atoms with E-state index in [0.29, 0.717) is 12.1 Å². The van der Waals surface area contributed by atoms with Crippen LogP contribution in [0, 0.1) is 11.6 Å². The summed E-state index contributed by atoms with van der Waals surface area (Å²) in [5, 5.41) is 5.69. The first-order valence-corrected chi connectivity index (χ1v) is 7.57. The molecule has 2 aromatic rings. The number of benzene rings is 2. The van der Waals surface area contributed by atoms with Gasteiger partial charge in [-0.15, -0.1) is 0 Å². The second kappa shape index (κ2) is 8.40. The van der Waals surface area contributed by atoms with Gasteiger partial charge in [0.1, 0.15) is 17.4 Å². The minimum absolute atomic E-state index is 0.0359. The van der Waals surface area contributed by atoms with Crippen LogP contribution in [0.4, 0.5) is 8.78 Å². The molecule has 0 saturated heterocycles. The molecule has 0 aliphatic carbocycles. The Hall–Kier alpha value is -2.47. The molecule has 0 radical (unpaired) electrons. The normalized spacial score (nSPS) is 11.8. The van der Waals surface area contributed by atoms with Crippen LogP contribution in [0.5, 0.6) is 5.75 Å². The van der Waals surface area contributed by atoms with Gasteiger partial charge in [0, 0.05) is 24.2 Å². The summed E-state index contributed by atoms with van der Waals surface area (Å²) in [6.45, 7) is 2.14. The van der Waals surface area contributed by atoms with Crippen LogP contribution in [0.3, 0.4) is 0 Å². The maximum atomic E-state index is 13.7. The van der Waals surface area contributed by atoms with E-state index in [1.807, 2.05) is 24.3 Å². The van der Waals surface area contributed by atoms with E-state index in [-0.39, 0.29) is 12.5 Å². The molecule has 0 aliphatic rings. The molecule has 4 nitrogen and oxygen atoms in total. The van der Waals surface area contributed by atoms with E-state index in [1.165, 1.54) is 12.1 Å². The van der Waals surface area contributed by atoms with Crippen molar-refractivity contribution in [1.29, 1.82) is 0 Å².